The third kappa shape index (κ3) is 25.0. The Hall–Kier alpha value is 1.88. The Bertz CT molecular complexity index is 7.61. The molecule has 0 aromatic rings. The first-order valence-corrected chi connectivity index (χ1v) is 4.81. The number of hydrogen-bond acceptors (Lipinski definition) is 0. The fourth-order valence-electron chi connectivity index (χ4n) is 0. The van der Waals surface area contributed by atoms with Crippen LogP contribution in [0.1, 0.15) is 0 Å². The van der Waals surface area contributed by atoms with Crippen molar-refractivity contribution in [3.05, 3.63) is 0 Å². The van der Waals surface area contributed by atoms with Crippen molar-refractivity contribution in [2.75, 3.05) is 0 Å². The molecule has 0 nitrogen and oxygen atoms in total. The zero-order valence-corrected chi connectivity index (χ0v) is 4.39. The second-order valence-corrected chi connectivity index (χ2v) is 2.73. The van der Waals surface area contributed by atoms with Crippen LogP contribution in [0.3, 0.4) is 0 Å². The zero-order valence-electron chi connectivity index (χ0n) is 1.46. The molecule has 0 atom stereocenters. The number of rotatable bonds is 0. The quantitative estimate of drug-likeness (QED) is 0.333. The molecule has 0 aliphatic rings. The van der Waals surface area contributed by atoms with Gasteiger partial charge in [0, 0.05) is 0 Å². The fourth-order valence-corrected chi connectivity index (χ4v) is 0. The van der Waals surface area contributed by atoms with Crippen molar-refractivity contribution >= 4 is 65.5 Å². The Morgan fingerprint density at radius 1 is 1.00 bits per heavy atom. The number of hydrogen-bond donors (Lipinski definition) is 0. The second kappa shape index (κ2) is 16.9. The first kappa shape index (κ1) is 15.8. The minimum absolute atomic E-state index is 0. The normalized spacial score (nSPS) is 3.60. The molecule has 0 aromatic heterocycles. The van der Waals surface area contributed by atoms with E-state index in [1.807, 2.05) is 0 Å². The summed E-state index contributed by atoms with van der Waals surface area (Å²) in [6, 6.07) is 0. The van der Waals surface area contributed by atoms with Gasteiger partial charge in [0.25, 0.3) is 0 Å². The average Bonchev–Trinajstić information content (AvgIpc) is 0.918. The van der Waals surface area contributed by atoms with Crippen LogP contribution in [-0.2, 0) is 0 Å². The standard InChI is InChI=1S/Cl2H2Si.2GeH4/c1-3-2;;/h3H2;2*1H4. The monoisotopic (exact) mass is 256 g/mol. The Labute approximate surface area is 65.2 Å². The van der Waals surface area contributed by atoms with E-state index in [1.165, 1.54) is 0 Å². The van der Waals surface area contributed by atoms with Crippen LogP contribution >= 0.6 is 22.2 Å². The van der Waals surface area contributed by atoms with Crippen molar-refractivity contribution in [3.8, 4) is 0 Å². The van der Waals surface area contributed by atoms with Crippen LogP contribution in [0.4, 0.5) is 0 Å². The predicted octanol–water partition coefficient (Wildman–Crippen LogP) is -2.44. The van der Waals surface area contributed by atoms with Gasteiger partial charge in [-0.2, -0.15) is 22.2 Å². The minimum atomic E-state index is -0.639. The van der Waals surface area contributed by atoms with Gasteiger partial charge in [-0.3, -0.25) is 0 Å². The summed E-state index contributed by atoms with van der Waals surface area (Å²) in [4.78, 5) is 0. The zero-order chi connectivity index (χ0) is 2.71. The van der Waals surface area contributed by atoms with E-state index in [1.54, 1.807) is 0 Å². The summed E-state index contributed by atoms with van der Waals surface area (Å²) in [6.45, 7) is 0. The van der Waals surface area contributed by atoms with E-state index < -0.39 is 8.14 Å². The summed E-state index contributed by atoms with van der Waals surface area (Å²) in [5.41, 5.74) is 0. The molecule has 0 unspecified atom stereocenters. The summed E-state index contributed by atoms with van der Waals surface area (Å²) < 4.78 is 0. The average molecular weight is 254 g/mol. The Morgan fingerprint density at radius 2 is 1.00 bits per heavy atom. The molecule has 0 saturated heterocycles. The summed E-state index contributed by atoms with van der Waals surface area (Å²) in [6.07, 6.45) is 0. The topological polar surface area (TPSA) is 0 Å². The molecule has 5 heteroatoms. The molecule has 0 bridgehead atoms. The molecular weight excluding hydrogens is 244 g/mol. The Kier molecular flexibility index (Phi) is 53.3. The summed E-state index contributed by atoms with van der Waals surface area (Å²) in [7, 11) is -0.639. The van der Waals surface area contributed by atoms with Crippen LogP contribution in [-0.4, -0.2) is 43.3 Å². The van der Waals surface area contributed by atoms with E-state index in [9.17, 15) is 0 Å². The SMILES string of the molecule is Cl[SiH2]Cl.[GeH4].[GeH4]. The van der Waals surface area contributed by atoms with Crippen molar-refractivity contribution in [2.45, 2.75) is 0 Å². The molecule has 0 amide bonds. The van der Waals surface area contributed by atoms with E-state index >= 15 is 0 Å². The van der Waals surface area contributed by atoms with E-state index in [4.69, 9.17) is 22.2 Å². The molecule has 0 aromatic carbocycles. The van der Waals surface area contributed by atoms with Gasteiger partial charge in [0.05, 0.1) is 0 Å². The molecule has 0 heterocycles. The molecule has 5 heavy (non-hydrogen) atoms. The van der Waals surface area contributed by atoms with Crippen molar-refractivity contribution < 1.29 is 0 Å². The first-order valence-electron chi connectivity index (χ1n) is 0.535. The second-order valence-electron chi connectivity index (χ2n) is 0.101. The molecule has 0 radical (unpaired) electrons. The van der Waals surface area contributed by atoms with Gasteiger partial charge in [-0.15, -0.1) is 0 Å². The Balaban J connectivity index is -0.0000000200. The molecular formula is H10Cl2Ge2Si. The molecule has 0 rings (SSSR count). The van der Waals surface area contributed by atoms with Crippen LogP contribution in [0.5, 0.6) is 0 Å². The van der Waals surface area contributed by atoms with Gasteiger partial charge >= 0.3 is 35.2 Å². The van der Waals surface area contributed by atoms with Gasteiger partial charge < -0.3 is 0 Å². The van der Waals surface area contributed by atoms with E-state index in [0.717, 1.165) is 0 Å². The maximum atomic E-state index is 4.90. The van der Waals surface area contributed by atoms with Gasteiger partial charge in [0.1, 0.15) is 0 Å². The molecule has 0 aliphatic heterocycles. The molecule has 36 valence electrons. The third-order valence-corrected chi connectivity index (χ3v) is 0. The van der Waals surface area contributed by atoms with Crippen molar-refractivity contribution in [1.29, 1.82) is 0 Å². The van der Waals surface area contributed by atoms with E-state index in [2.05, 4.69) is 0 Å². The van der Waals surface area contributed by atoms with Crippen molar-refractivity contribution in [1.82, 2.24) is 0 Å². The van der Waals surface area contributed by atoms with E-state index in [-0.39, 0.29) is 35.2 Å². The molecule has 0 fully saturated rings. The van der Waals surface area contributed by atoms with Crippen LogP contribution in [0.25, 0.3) is 0 Å². The third-order valence-electron chi connectivity index (χ3n) is 0. The van der Waals surface area contributed by atoms with E-state index in [0.29, 0.717) is 0 Å². The van der Waals surface area contributed by atoms with Crippen LogP contribution < -0.4 is 0 Å². The summed E-state index contributed by atoms with van der Waals surface area (Å²) in [5, 5.41) is 0. The van der Waals surface area contributed by atoms with Gasteiger partial charge in [-0.05, 0) is 0 Å². The van der Waals surface area contributed by atoms with Crippen molar-refractivity contribution in [2.24, 2.45) is 0 Å². The Morgan fingerprint density at radius 3 is 1.00 bits per heavy atom. The maximum absolute atomic E-state index is 4.90. The molecule has 0 saturated carbocycles. The predicted molar refractivity (Wildman–Crippen MR) is 42.9 cm³/mol. The van der Waals surface area contributed by atoms with Crippen LogP contribution in [0, 0.1) is 0 Å². The van der Waals surface area contributed by atoms with Gasteiger partial charge in [-0.1, -0.05) is 0 Å². The first-order chi connectivity index (χ1) is 1.41. The van der Waals surface area contributed by atoms with Crippen molar-refractivity contribution in [3.63, 3.8) is 0 Å². The van der Waals surface area contributed by atoms with Gasteiger partial charge in [0.15, 0.2) is 0 Å². The van der Waals surface area contributed by atoms with Crippen LogP contribution in [0.15, 0.2) is 0 Å². The molecule has 0 aliphatic carbocycles. The summed E-state index contributed by atoms with van der Waals surface area (Å²) in [5.74, 6) is 0. The summed E-state index contributed by atoms with van der Waals surface area (Å²) >= 11 is 9.81. The van der Waals surface area contributed by atoms with Gasteiger partial charge in [0.2, 0.25) is 8.14 Å². The number of halogens is 2. The molecule has 0 spiro atoms. The fraction of sp³-hybridized carbons (Fsp3) is 0. The van der Waals surface area contributed by atoms with Gasteiger partial charge in [-0.25, -0.2) is 0 Å². The molecule has 0 N–H and O–H groups in total. The van der Waals surface area contributed by atoms with Crippen LogP contribution in [0.2, 0.25) is 0 Å².